The van der Waals surface area contributed by atoms with Crippen molar-refractivity contribution < 1.29 is 15.0 Å². The highest BCUT2D eigenvalue weighted by Crippen LogP contribution is 2.33. The van der Waals surface area contributed by atoms with Gasteiger partial charge < -0.3 is 20.8 Å². The summed E-state index contributed by atoms with van der Waals surface area (Å²) < 4.78 is 0. The van der Waals surface area contributed by atoms with Crippen LogP contribution in [0.5, 0.6) is 11.5 Å². The van der Waals surface area contributed by atoms with Gasteiger partial charge in [-0.15, -0.1) is 0 Å². The van der Waals surface area contributed by atoms with Gasteiger partial charge in [0.05, 0.1) is 5.69 Å². The summed E-state index contributed by atoms with van der Waals surface area (Å²) >= 11 is 0. The zero-order chi connectivity index (χ0) is 16.1. The largest absolute Gasteiger partial charge is 0.504 e. The Morgan fingerprint density at radius 2 is 1.86 bits per heavy atom. The first-order chi connectivity index (χ1) is 10.5. The Balaban J connectivity index is 2.27. The first-order valence-electron chi connectivity index (χ1n) is 7.25. The number of phenolic OH excluding ortho intramolecular Hbond substituents is 2. The fraction of sp³-hybridized carbons (Fsp3) is 0.375. The van der Waals surface area contributed by atoms with Crippen LogP contribution in [0, 0.1) is 11.3 Å². The molecular weight excluding hydrogens is 282 g/mol. The van der Waals surface area contributed by atoms with Gasteiger partial charge in [-0.05, 0) is 36.6 Å². The van der Waals surface area contributed by atoms with Gasteiger partial charge in [-0.25, -0.2) is 0 Å². The average molecular weight is 301 g/mol. The molecule has 1 amide bonds. The number of nitrogens with zero attached hydrogens (tertiary/aromatic N) is 2. The van der Waals surface area contributed by atoms with Gasteiger partial charge in [-0.3, -0.25) is 4.79 Å². The summed E-state index contributed by atoms with van der Waals surface area (Å²) in [7, 11) is 0. The third-order valence-corrected chi connectivity index (χ3v) is 3.70. The molecule has 6 nitrogen and oxygen atoms in total. The molecule has 0 unspecified atom stereocenters. The number of carbonyl (C=O) groups is 1. The summed E-state index contributed by atoms with van der Waals surface area (Å²) in [5.41, 5.74) is 5.94. The predicted molar refractivity (Wildman–Crippen MR) is 82.8 cm³/mol. The molecule has 1 aliphatic heterocycles. The van der Waals surface area contributed by atoms with Crippen molar-refractivity contribution in [3.8, 4) is 17.6 Å². The van der Waals surface area contributed by atoms with Crippen LogP contribution in [0.1, 0.15) is 31.2 Å². The summed E-state index contributed by atoms with van der Waals surface area (Å²) in [6.45, 7) is 1.31. The Hall–Kier alpha value is -2.68. The van der Waals surface area contributed by atoms with Gasteiger partial charge in [0.25, 0.3) is 5.91 Å². The second-order valence-corrected chi connectivity index (χ2v) is 5.35. The van der Waals surface area contributed by atoms with E-state index in [4.69, 9.17) is 5.73 Å². The molecule has 116 valence electrons. The third-order valence-electron chi connectivity index (χ3n) is 3.70. The maximum Gasteiger partial charge on any atom is 0.264 e. The molecule has 1 aliphatic rings. The minimum atomic E-state index is -0.408. The molecule has 4 N–H and O–H groups in total. The molecule has 22 heavy (non-hydrogen) atoms. The molecule has 0 aliphatic carbocycles. The number of phenols is 2. The Morgan fingerprint density at radius 1 is 1.23 bits per heavy atom. The van der Waals surface area contributed by atoms with Crippen LogP contribution < -0.4 is 5.73 Å². The number of hydrogen-bond acceptors (Lipinski definition) is 5. The summed E-state index contributed by atoms with van der Waals surface area (Å²) in [5, 5.41) is 28.2. The number of nitrogens with two attached hydrogens (primary N) is 1. The summed E-state index contributed by atoms with van der Waals surface area (Å²) in [4.78, 5) is 14.1. The van der Waals surface area contributed by atoms with E-state index in [0.29, 0.717) is 18.7 Å². The van der Waals surface area contributed by atoms with E-state index < -0.39 is 5.75 Å². The van der Waals surface area contributed by atoms with Crippen LogP contribution in [0.4, 0.5) is 5.69 Å². The lowest BCUT2D eigenvalue weighted by molar-refractivity contribution is -0.126. The van der Waals surface area contributed by atoms with Crippen molar-refractivity contribution in [3.05, 3.63) is 23.3 Å². The normalized spacial score (nSPS) is 16.0. The van der Waals surface area contributed by atoms with Gasteiger partial charge in [-0.2, -0.15) is 5.26 Å². The van der Waals surface area contributed by atoms with Crippen molar-refractivity contribution in [3.63, 3.8) is 0 Å². The smallest absolute Gasteiger partial charge is 0.264 e. The topological polar surface area (TPSA) is 111 Å². The van der Waals surface area contributed by atoms with Crippen molar-refractivity contribution in [2.24, 2.45) is 0 Å². The van der Waals surface area contributed by atoms with Crippen LogP contribution in [-0.4, -0.2) is 34.1 Å². The highest BCUT2D eigenvalue weighted by Gasteiger charge is 2.19. The number of aromatic hydroxyl groups is 2. The molecule has 2 rings (SSSR count). The maximum atomic E-state index is 12.4. The Morgan fingerprint density at radius 3 is 2.41 bits per heavy atom. The number of anilines is 1. The van der Waals surface area contributed by atoms with Gasteiger partial charge in [0, 0.05) is 13.1 Å². The number of nitriles is 1. The van der Waals surface area contributed by atoms with Gasteiger partial charge in [0.1, 0.15) is 11.6 Å². The summed E-state index contributed by atoms with van der Waals surface area (Å²) in [6.07, 6.45) is 5.45. The first-order valence-corrected chi connectivity index (χ1v) is 7.25. The molecule has 0 saturated carbocycles. The van der Waals surface area contributed by atoms with Crippen LogP contribution in [0.15, 0.2) is 17.7 Å². The summed E-state index contributed by atoms with van der Waals surface area (Å²) in [5.74, 6) is -1.10. The molecule has 1 fully saturated rings. The maximum absolute atomic E-state index is 12.4. The average Bonchev–Trinajstić information content (AvgIpc) is 2.78. The van der Waals surface area contributed by atoms with Crippen molar-refractivity contribution in [2.45, 2.75) is 25.7 Å². The van der Waals surface area contributed by atoms with Crippen LogP contribution >= 0.6 is 0 Å². The Bertz CT molecular complexity index is 616. The number of hydrogen-bond donors (Lipinski definition) is 3. The Labute approximate surface area is 129 Å². The van der Waals surface area contributed by atoms with E-state index >= 15 is 0 Å². The van der Waals surface area contributed by atoms with E-state index in [1.165, 1.54) is 18.2 Å². The zero-order valence-corrected chi connectivity index (χ0v) is 12.2. The lowest BCUT2D eigenvalue weighted by Crippen LogP contribution is -2.32. The van der Waals surface area contributed by atoms with Gasteiger partial charge in [-0.1, -0.05) is 12.8 Å². The quantitative estimate of drug-likeness (QED) is 0.335. The van der Waals surface area contributed by atoms with Crippen molar-refractivity contribution >= 4 is 17.7 Å². The van der Waals surface area contributed by atoms with E-state index in [-0.39, 0.29) is 22.9 Å². The molecule has 1 heterocycles. The Kier molecular flexibility index (Phi) is 4.89. The lowest BCUT2D eigenvalue weighted by Gasteiger charge is -2.19. The summed E-state index contributed by atoms with van der Waals surface area (Å²) in [6, 6.07) is 4.57. The number of rotatable bonds is 2. The second kappa shape index (κ2) is 6.85. The SMILES string of the molecule is N#C/C(=C\c1cc(N)c(O)c(O)c1)C(=O)N1CCCCCC1. The fourth-order valence-electron chi connectivity index (χ4n) is 2.50. The molecule has 0 spiro atoms. The zero-order valence-electron chi connectivity index (χ0n) is 12.2. The molecule has 1 aromatic rings. The van der Waals surface area contributed by atoms with Crippen LogP contribution in [0.3, 0.4) is 0 Å². The number of nitrogen functional groups attached to an aromatic ring is 1. The van der Waals surface area contributed by atoms with E-state index in [0.717, 1.165) is 25.7 Å². The minimum absolute atomic E-state index is 0.00797. The van der Waals surface area contributed by atoms with E-state index in [2.05, 4.69) is 0 Å². The number of likely N-dealkylation sites (tertiary alicyclic amines) is 1. The number of carbonyl (C=O) groups excluding carboxylic acids is 1. The molecule has 0 atom stereocenters. The molecule has 1 aromatic carbocycles. The third kappa shape index (κ3) is 3.50. The molecule has 0 bridgehead atoms. The van der Waals surface area contributed by atoms with Crippen LogP contribution in [0.25, 0.3) is 6.08 Å². The molecule has 0 aromatic heterocycles. The molecule has 6 heteroatoms. The van der Waals surface area contributed by atoms with Crippen LogP contribution in [-0.2, 0) is 4.79 Å². The minimum Gasteiger partial charge on any atom is -0.504 e. The number of benzene rings is 1. The standard InChI is InChI=1S/C16H19N3O3/c17-10-12(16(22)19-5-3-1-2-4-6-19)7-11-8-13(18)15(21)14(20)9-11/h7-9,20-21H,1-6,18H2/b12-7+. The van der Waals surface area contributed by atoms with Crippen LogP contribution in [0.2, 0.25) is 0 Å². The monoisotopic (exact) mass is 301 g/mol. The first kappa shape index (κ1) is 15.7. The molecular formula is C16H19N3O3. The highest BCUT2D eigenvalue weighted by molar-refractivity contribution is 6.01. The van der Waals surface area contributed by atoms with Crippen molar-refractivity contribution in [2.75, 3.05) is 18.8 Å². The predicted octanol–water partition coefficient (Wildman–Crippen LogP) is 1.99. The molecule has 0 radical (unpaired) electrons. The van der Waals surface area contributed by atoms with E-state index in [9.17, 15) is 20.3 Å². The van der Waals surface area contributed by atoms with E-state index in [1.54, 1.807) is 4.90 Å². The second-order valence-electron chi connectivity index (χ2n) is 5.35. The van der Waals surface area contributed by atoms with Gasteiger partial charge in [0.15, 0.2) is 11.5 Å². The lowest BCUT2D eigenvalue weighted by atomic mass is 10.1. The number of amides is 1. The van der Waals surface area contributed by atoms with Crippen molar-refractivity contribution in [1.82, 2.24) is 4.90 Å². The highest BCUT2D eigenvalue weighted by atomic mass is 16.3. The van der Waals surface area contributed by atoms with E-state index in [1.807, 2.05) is 6.07 Å². The fourth-order valence-corrected chi connectivity index (χ4v) is 2.50. The molecule has 1 saturated heterocycles. The van der Waals surface area contributed by atoms with Gasteiger partial charge in [0.2, 0.25) is 0 Å². The van der Waals surface area contributed by atoms with Crippen molar-refractivity contribution in [1.29, 1.82) is 5.26 Å². The van der Waals surface area contributed by atoms with Gasteiger partial charge >= 0.3 is 0 Å².